The first-order valence-electron chi connectivity index (χ1n) is 5.17. The maximum absolute atomic E-state index is 9.68. The topological polar surface area (TPSA) is 72.3 Å². The molecule has 3 rings (SSSR count). The van der Waals surface area contributed by atoms with Crippen molar-refractivity contribution < 1.29 is 9.52 Å². The van der Waals surface area contributed by atoms with Crippen LogP contribution in [-0.4, -0.2) is 10.1 Å². The van der Waals surface area contributed by atoms with Crippen molar-refractivity contribution in [3.63, 3.8) is 0 Å². The van der Waals surface area contributed by atoms with Crippen molar-refractivity contribution in [1.82, 2.24) is 4.98 Å². The van der Waals surface area contributed by atoms with Crippen LogP contribution in [0.15, 0.2) is 47.0 Å². The highest BCUT2D eigenvalue weighted by Gasteiger charge is 2.08. The third-order valence-corrected chi connectivity index (χ3v) is 2.61. The van der Waals surface area contributed by atoms with E-state index in [0.717, 1.165) is 5.56 Å². The third kappa shape index (κ3) is 1.59. The molecule has 1 aromatic carbocycles. The summed E-state index contributed by atoms with van der Waals surface area (Å²) in [4.78, 5) is 4.00. The van der Waals surface area contributed by atoms with Crippen LogP contribution in [-0.2, 0) is 0 Å². The molecule has 0 amide bonds. The number of phenolic OH excluding ortho intramolecular Hbond substituents is 1. The van der Waals surface area contributed by atoms with E-state index in [9.17, 15) is 5.11 Å². The first kappa shape index (κ1) is 9.72. The monoisotopic (exact) mass is 226 g/mol. The lowest BCUT2D eigenvalue weighted by molar-refractivity contribution is 0.481. The second kappa shape index (κ2) is 3.52. The molecule has 0 fully saturated rings. The van der Waals surface area contributed by atoms with Gasteiger partial charge in [0, 0.05) is 11.8 Å². The quantitative estimate of drug-likeness (QED) is 0.669. The number of benzene rings is 1. The Morgan fingerprint density at radius 2 is 2.06 bits per heavy atom. The molecule has 17 heavy (non-hydrogen) atoms. The summed E-state index contributed by atoms with van der Waals surface area (Å²) < 4.78 is 5.63. The standard InChI is InChI=1S/C13H10N2O2/c14-13-5-4-8(7-15-13)12-6-9-10(16)2-1-3-11(9)17-12/h1-7,16H,(H2,14,15). The molecular formula is C13H10N2O2. The van der Waals surface area contributed by atoms with E-state index in [2.05, 4.69) is 4.98 Å². The van der Waals surface area contributed by atoms with Gasteiger partial charge in [0.25, 0.3) is 0 Å². The fraction of sp³-hybridized carbons (Fsp3) is 0. The smallest absolute Gasteiger partial charge is 0.138 e. The fourth-order valence-electron chi connectivity index (χ4n) is 1.74. The van der Waals surface area contributed by atoms with Crippen molar-refractivity contribution in [1.29, 1.82) is 0 Å². The summed E-state index contributed by atoms with van der Waals surface area (Å²) in [6.45, 7) is 0. The van der Waals surface area contributed by atoms with Gasteiger partial charge in [-0.2, -0.15) is 0 Å². The Labute approximate surface area is 97.3 Å². The highest BCUT2D eigenvalue weighted by atomic mass is 16.3. The number of fused-ring (bicyclic) bond motifs is 1. The van der Waals surface area contributed by atoms with Gasteiger partial charge in [-0.1, -0.05) is 6.07 Å². The van der Waals surface area contributed by atoms with Gasteiger partial charge in [0.05, 0.1) is 5.39 Å². The van der Waals surface area contributed by atoms with Crippen molar-refractivity contribution in [3.8, 4) is 17.1 Å². The van der Waals surface area contributed by atoms with Crippen molar-refractivity contribution in [2.24, 2.45) is 0 Å². The molecule has 4 nitrogen and oxygen atoms in total. The molecule has 0 bridgehead atoms. The molecular weight excluding hydrogens is 216 g/mol. The number of pyridine rings is 1. The minimum absolute atomic E-state index is 0.209. The summed E-state index contributed by atoms with van der Waals surface area (Å²) >= 11 is 0. The summed E-state index contributed by atoms with van der Waals surface area (Å²) in [5.41, 5.74) is 7.00. The van der Waals surface area contributed by atoms with Gasteiger partial charge < -0.3 is 15.3 Å². The van der Waals surface area contributed by atoms with Crippen LogP contribution in [0.3, 0.4) is 0 Å². The van der Waals surface area contributed by atoms with Crippen molar-refractivity contribution in [2.75, 3.05) is 5.73 Å². The van der Waals surface area contributed by atoms with Crippen LogP contribution in [0, 0.1) is 0 Å². The van der Waals surface area contributed by atoms with Gasteiger partial charge in [-0.05, 0) is 30.3 Å². The van der Waals surface area contributed by atoms with Gasteiger partial charge in [0.2, 0.25) is 0 Å². The van der Waals surface area contributed by atoms with Crippen LogP contribution in [0.5, 0.6) is 5.75 Å². The molecule has 4 heteroatoms. The summed E-state index contributed by atoms with van der Waals surface area (Å²) in [7, 11) is 0. The average molecular weight is 226 g/mol. The second-order valence-corrected chi connectivity index (χ2v) is 3.77. The molecule has 2 heterocycles. The number of aromatic hydroxyl groups is 1. The predicted octanol–water partition coefficient (Wildman–Crippen LogP) is 2.78. The Kier molecular flexibility index (Phi) is 2.01. The largest absolute Gasteiger partial charge is 0.507 e. The summed E-state index contributed by atoms with van der Waals surface area (Å²) in [6, 6.07) is 10.5. The predicted molar refractivity (Wildman–Crippen MR) is 65.5 cm³/mol. The van der Waals surface area contributed by atoms with Crippen LogP contribution in [0.25, 0.3) is 22.3 Å². The van der Waals surface area contributed by atoms with Gasteiger partial charge in [-0.15, -0.1) is 0 Å². The van der Waals surface area contributed by atoms with E-state index in [1.165, 1.54) is 0 Å². The van der Waals surface area contributed by atoms with Crippen LogP contribution in [0.2, 0.25) is 0 Å². The molecule has 84 valence electrons. The fourth-order valence-corrected chi connectivity index (χ4v) is 1.74. The lowest BCUT2D eigenvalue weighted by Crippen LogP contribution is -1.88. The number of nitrogen functional groups attached to an aromatic ring is 1. The molecule has 0 aliphatic rings. The summed E-state index contributed by atoms with van der Waals surface area (Å²) in [5.74, 6) is 1.34. The number of aromatic nitrogens is 1. The molecule has 3 aromatic rings. The molecule has 0 radical (unpaired) electrons. The van der Waals surface area contributed by atoms with Gasteiger partial charge in [0.1, 0.15) is 22.9 Å². The van der Waals surface area contributed by atoms with E-state index in [1.54, 1.807) is 30.5 Å². The lowest BCUT2D eigenvalue weighted by atomic mass is 10.2. The zero-order valence-electron chi connectivity index (χ0n) is 8.92. The molecule has 2 aromatic heterocycles. The van der Waals surface area contributed by atoms with E-state index < -0.39 is 0 Å². The Balaban J connectivity index is 2.18. The normalized spacial score (nSPS) is 10.8. The highest BCUT2D eigenvalue weighted by Crippen LogP contribution is 2.32. The van der Waals surface area contributed by atoms with Gasteiger partial charge >= 0.3 is 0 Å². The third-order valence-electron chi connectivity index (χ3n) is 2.61. The molecule has 0 aliphatic heterocycles. The second-order valence-electron chi connectivity index (χ2n) is 3.77. The number of furan rings is 1. The van der Waals surface area contributed by atoms with E-state index >= 15 is 0 Å². The van der Waals surface area contributed by atoms with Crippen LogP contribution < -0.4 is 5.73 Å². The molecule has 0 saturated heterocycles. The number of hydrogen-bond acceptors (Lipinski definition) is 4. The number of nitrogens with two attached hydrogens (primary N) is 1. The van der Waals surface area contributed by atoms with Crippen LogP contribution >= 0.6 is 0 Å². The first-order chi connectivity index (χ1) is 8.24. The highest BCUT2D eigenvalue weighted by molar-refractivity contribution is 5.87. The number of rotatable bonds is 1. The summed E-state index contributed by atoms with van der Waals surface area (Å²) in [5, 5.41) is 10.4. The molecule has 3 N–H and O–H groups in total. The zero-order valence-corrected chi connectivity index (χ0v) is 8.92. The maximum atomic E-state index is 9.68. The lowest BCUT2D eigenvalue weighted by Gasteiger charge is -1.95. The van der Waals surface area contributed by atoms with E-state index in [4.69, 9.17) is 10.2 Å². The minimum atomic E-state index is 0.209. The maximum Gasteiger partial charge on any atom is 0.138 e. The van der Waals surface area contributed by atoms with Crippen molar-refractivity contribution in [3.05, 3.63) is 42.6 Å². The SMILES string of the molecule is Nc1ccc(-c2cc3c(O)cccc3o2)cn1. The number of hydrogen-bond donors (Lipinski definition) is 2. The number of nitrogens with zero attached hydrogens (tertiary/aromatic N) is 1. The minimum Gasteiger partial charge on any atom is -0.507 e. The molecule has 0 unspecified atom stereocenters. The Morgan fingerprint density at radius 3 is 2.76 bits per heavy atom. The van der Waals surface area contributed by atoms with Gasteiger partial charge in [-0.3, -0.25) is 0 Å². The van der Waals surface area contributed by atoms with E-state index in [0.29, 0.717) is 22.5 Å². The van der Waals surface area contributed by atoms with Gasteiger partial charge in [0.15, 0.2) is 0 Å². The van der Waals surface area contributed by atoms with Crippen LogP contribution in [0.1, 0.15) is 0 Å². The van der Waals surface area contributed by atoms with Crippen molar-refractivity contribution in [2.45, 2.75) is 0 Å². The van der Waals surface area contributed by atoms with E-state index in [-0.39, 0.29) is 5.75 Å². The Morgan fingerprint density at radius 1 is 1.18 bits per heavy atom. The average Bonchev–Trinajstić information content (AvgIpc) is 2.75. The molecule has 0 saturated carbocycles. The van der Waals surface area contributed by atoms with Gasteiger partial charge in [-0.25, -0.2) is 4.98 Å². The Bertz CT molecular complexity index is 671. The number of phenols is 1. The molecule has 0 atom stereocenters. The Hall–Kier alpha value is -2.49. The van der Waals surface area contributed by atoms with Crippen molar-refractivity contribution >= 4 is 16.8 Å². The van der Waals surface area contributed by atoms with Crippen LogP contribution in [0.4, 0.5) is 5.82 Å². The van der Waals surface area contributed by atoms with E-state index in [1.807, 2.05) is 12.1 Å². The summed E-state index contributed by atoms with van der Waals surface area (Å²) in [6.07, 6.45) is 1.64. The first-order valence-corrected chi connectivity index (χ1v) is 5.17. The number of anilines is 1. The zero-order chi connectivity index (χ0) is 11.8. The molecule has 0 spiro atoms. The molecule has 0 aliphatic carbocycles.